The Balaban J connectivity index is 3.40. The molecule has 17 heavy (non-hydrogen) atoms. The fourth-order valence-electron chi connectivity index (χ4n) is 1.63. The Morgan fingerprint density at radius 2 is 2.00 bits per heavy atom. The van der Waals surface area contributed by atoms with Crippen molar-refractivity contribution in [2.45, 2.75) is 26.1 Å². The molecule has 5 heteroatoms. The number of hydrogen-bond donors (Lipinski definition) is 3. The molecule has 0 aliphatic rings. The van der Waals surface area contributed by atoms with Gasteiger partial charge in [0.1, 0.15) is 0 Å². The zero-order valence-electron chi connectivity index (χ0n) is 9.38. The number of carboxylic acid groups (broad SMARTS) is 1. The van der Waals surface area contributed by atoms with Gasteiger partial charge in [0.25, 0.3) is 0 Å². The zero-order valence-corrected chi connectivity index (χ0v) is 9.38. The van der Waals surface area contributed by atoms with Crippen LogP contribution >= 0.6 is 0 Å². The molecular formula is C12H14O5. The first-order chi connectivity index (χ1) is 8.02. The maximum atomic E-state index is 11.6. The van der Waals surface area contributed by atoms with Gasteiger partial charge in [-0.15, -0.1) is 0 Å². The second-order valence-electron chi connectivity index (χ2n) is 3.55. The Labute approximate surface area is 98.3 Å². The molecule has 0 spiro atoms. The van der Waals surface area contributed by atoms with Crippen LogP contribution in [0.2, 0.25) is 0 Å². The molecule has 1 atom stereocenters. The summed E-state index contributed by atoms with van der Waals surface area (Å²) in [6.07, 6.45) is -1.60. The van der Waals surface area contributed by atoms with Gasteiger partial charge in [0.2, 0.25) is 0 Å². The number of aliphatic hydroxyl groups excluding tert-OH is 2. The first kappa shape index (κ1) is 13.3. The summed E-state index contributed by atoms with van der Waals surface area (Å²) in [6, 6.07) is 4.48. The summed E-state index contributed by atoms with van der Waals surface area (Å²) in [5.41, 5.74) is 0.377. The summed E-state index contributed by atoms with van der Waals surface area (Å²) in [5, 5.41) is 27.5. The van der Waals surface area contributed by atoms with Crippen molar-refractivity contribution in [3.63, 3.8) is 0 Å². The highest BCUT2D eigenvalue weighted by molar-refractivity contribution is 5.99. The molecule has 0 fully saturated rings. The summed E-state index contributed by atoms with van der Waals surface area (Å²) < 4.78 is 0. The quantitative estimate of drug-likeness (QED) is 0.662. The minimum atomic E-state index is -1.80. The van der Waals surface area contributed by atoms with Gasteiger partial charge in [-0.25, -0.2) is 4.79 Å². The Kier molecular flexibility index (Phi) is 4.37. The van der Waals surface area contributed by atoms with Crippen molar-refractivity contribution in [2.75, 3.05) is 0 Å². The van der Waals surface area contributed by atoms with Crippen molar-refractivity contribution < 1.29 is 24.9 Å². The third-order valence-electron chi connectivity index (χ3n) is 2.50. The Hall–Kier alpha value is -1.72. The van der Waals surface area contributed by atoms with Crippen molar-refractivity contribution in [1.82, 2.24) is 0 Å². The highest BCUT2D eigenvalue weighted by Crippen LogP contribution is 2.24. The van der Waals surface area contributed by atoms with Crippen molar-refractivity contribution >= 4 is 11.8 Å². The third kappa shape index (κ3) is 2.69. The molecule has 0 aliphatic heterocycles. The number of ketones is 1. The van der Waals surface area contributed by atoms with Crippen LogP contribution in [-0.4, -0.2) is 27.1 Å². The lowest BCUT2D eigenvalue weighted by molar-refractivity contribution is -0.147. The van der Waals surface area contributed by atoms with E-state index < -0.39 is 18.7 Å². The van der Waals surface area contributed by atoms with Gasteiger partial charge >= 0.3 is 5.97 Å². The zero-order chi connectivity index (χ0) is 13.0. The number of carbonyl (C=O) groups excluding carboxylic acids is 1. The van der Waals surface area contributed by atoms with Crippen LogP contribution in [0.25, 0.3) is 0 Å². The smallest absolute Gasteiger partial charge is 0.337 e. The summed E-state index contributed by atoms with van der Waals surface area (Å²) in [5.74, 6) is -1.72. The molecule has 0 bridgehead atoms. The van der Waals surface area contributed by atoms with Gasteiger partial charge < -0.3 is 15.3 Å². The van der Waals surface area contributed by atoms with Crippen molar-refractivity contribution in [1.29, 1.82) is 0 Å². The van der Waals surface area contributed by atoms with Crippen LogP contribution in [0.3, 0.4) is 0 Å². The number of Topliss-reactive ketones (excluding diaryl/α,β-unsaturated/α-hetero) is 1. The molecule has 0 aromatic heterocycles. The minimum Gasteiger partial charge on any atom is -0.479 e. The monoisotopic (exact) mass is 238 g/mol. The summed E-state index contributed by atoms with van der Waals surface area (Å²) in [7, 11) is 0. The SMILES string of the molecule is CCC(=O)c1cccc(CO)c1C(O)C(=O)O. The molecule has 3 N–H and O–H groups in total. The highest BCUT2D eigenvalue weighted by Gasteiger charge is 2.24. The van der Waals surface area contributed by atoms with Crippen molar-refractivity contribution in [3.05, 3.63) is 34.9 Å². The predicted molar refractivity (Wildman–Crippen MR) is 59.6 cm³/mol. The van der Waals surface area contributed by atoms with Gasteiger partial charge in [0.15, 0.2) is 11.9 Å². The van der Waals surface area contributed by atoms with E-state index in [1.165, 1.54) is 12.1 Å². The number of carboxylic acids is 1. The predicted octanol–water partition coefficient (Wildman–Crippen LogP) is 0.890. The average Bonchev–Trinajstić information content (AvgIpc) is 2.35. The van der Waals surface area contributed by atoms with Gasteiger partial charge in [0.05, 0.1) is 6.61 Å². The molecule has 0 saturated heterocycles. The molecule has 1 unspecified atom stereocenters. The fourth-order valence-corrected chi connectivity index (χ4v) is 1.63. The number of benzene rings is 1. The number of hydrogen-bond acceptors (Lipinski definition) is 4. The minimum absolute atomic E-state index is 0.0191. The van der Waals surface area contributed by atoms with E-state index in [1.54, 1.807) is 13.0 Å². The van der Waals surface area contributed by atoms with Gasteiger partial charge in [-0.3, -0.25) is 4.79 Å². The molecule has 0 saturated carbocycles. The second kappa shape index (κ2) is 5.56. The molecule has 1 aromatic carbocycles. The van der Waals surface area contributed by atoms with Gasteiger partial charge in [-0.1, -0.05) is 25.1 Å². The Bertz CT molecular complexity index is 439. The van der Waals surface area contributed by atoms with Gasteiger partial charge in [-0.05, 0) is 5.56 Å². The van der Waals surface area contributed by atoms with E-state index in [1.807, 2.05) is 0 Å². The molecular weight excluding hydrogens is 224 g/mol. The largest absolute Gasteiger partial charge is 0.479 e. The van der Waals surface area contributed by atoms with Crippen molar-refractivity contribution in [3.8, 4) is 0 Å². The molecule has 92 valence electrons. The van der Waals surface area contributed by atoms with E-state index in [2.05, 4.69) is 0 Å². The Morgan fingerprint density at radius 1 is 1.35 bits per heavy atom. The lowest BCUT2D eigenvalue weighted by Crippen LogP contribution is -2.17. The lowest BCUT2D eigenvalue weighted by Gasteiger charge is -2.15. The standard InChI is InChI=1S/C12H14O5/c1-2-9(14)8-5-3-4-7(6-13)10(8)11(15)12(16)17/h3-5,11,13,15H,2,6H2,1H3,(H,16,17). The highest BCUT2D eigenvalue weighted by atomic mass is 16.4. The molecule has 0 aliphatic carbocycles. The van der Waals surface area contributed by atoms with E-state index in [4.69, 9.17) is 10.2 Å². The fraction of sp³-hybridized carbons (Fsp3) is 0.333. The third-order valence-corrected chi connectivity index (χ3v) is 2.50. The van der Waals surface area contributed by atoms with E-state index in [0.717, 1.165) is 0 Å². The topological polar surface area (TPSA) is 94.8 Å². The Morgan fingerprint density at radius 3 is 2.47 bits per heavy atom. The number of aliphatic carboxylic acids is 1. The molecule has 0 radical (unpaired) electrons. The number of carbonyl (C=O) groups is 2. The van der Waals surface area contributed by atoms with Crippen LogP contribution in [0, 0.1) is 0 Å². The second-order valence-corrected chi connectivity index (χ2v) is 3.55. The van der Waals surface area contributed by atoms with Crippen LogP contribution < -0.4 is 0 Å². The molecule has 5 nitrogen and oxygen atoms in total. The van der Waals surface area contributed by atoms with E-state index in [9.17, 15) is 14.7 Å². The lowest BCUT2D eigenvalue weighted by atomic mass is 9.93. The van der Waals surface area contributed by atoms with E-state index >= 15 is 0 Å². The molecule has 0 heterocycles. The summed E-state index contributed by atoms with van der Waals surface area (Å²) >= 11 is 0. The molecule has 0 amide bonds. The first-order valence-corrected chi connectivity index (χ1v) is 5.19. The molecule has 1 rings (SSSR count). The normalized spacial score (nSPS) is 12.2. The van der Waals surface area contributed by atoms with E-state index in [-0.39, 0.29) is 28.9 Å². The maximum absolute atomic E-state index is 11.6. The van der Waals surface area contributed by atoms with E-state index in [0.29, 0.717) is 0 Å². The molecule has 1 aromatic rings. The number of rotatable bonds is 5. The van der Waals surface area contributed by atoms with Crippen LogP contribution in [0.15, 0.2) is 18.2 Å². The van der Waals surface area contributed by atoms with Crippen molar-refractivity contribution in [2.24, 2.45) is 0 Å². The van der Waals surface area contributed by atoms with Gasteiger partial charge in [0, 0.05) is 17.5 Å². The first-order valence-electron chi connectivity index (χ1n) is 5.19. The average molecular weight is 238 g/mol. The van der Waals surface area contributed by atoms with Crippen LogP contribution in [-0.2, 0) is 11.4 Å². The summed E-state index contributed by atoms with van der Waals surface area (Å²) in [4.78, 5) is 22.4. The van der Waals surface area contributed by atoms with Crippen LogP contribution in [0.4, 0.5) is 0 Å². The van der Waals surface area contributed by atoms with Gasteiger partial charge in [-0.2, -0.15) is 0 Å². The van der Waals surface area contributed by atoms with Crippen LogP contribution in [0.1, 0.15) is 40.9 Å². The maximum Gasteiger partial charge on any atom is 0.337 e. The number of aliphatic hydroxyl groups is 2. The summed E-state index contributed by atoms with van der Waals surface area (Å²) in [6.45, 7) is 1.22. The van der Waals surface area contributed by atoms with Crippen LogP contribution in [0.5, 0.6) is 0 Å².